The second kappa shape index (κ2) is 4.50. The normalized spacial score (nSPS) is 11.1. The minimum absolute atomic E-state index is 0.804. The Hall–Kier alpha value is -1.33. The molecule has 3 rings (SSSR count). The summed E-state index contributed by atoms with van der Waals surface area (Å²) in [5, 5.41) is 2.84. The number of thiophene rings is 1. The Labute approximate surface area is 107 Å². The quantitative estimate of drug-likeness (QED) is 0.527. The van der Waals surface area contributed by atoms with Gasteiger partial charge in [-0.3, -0.25) is 0 Å². The highest BCUT2D eigenvalue weighted by molar-refractivity contribution is 7.99. The molecule has 0 aliphatic rings. The van der Waals surface area contributed by atoms with E-state index < -0.39 is 0 Å². The second-order valence-corrected chi connectivity index (χ2v) is 5.55. The smallest absolute Gasteiger partial charge is 0.188 e. The SMILES string of the molecule is CCSc1nc(-c2ccco2)c2sccc2n1. The summed E-state index contributed by atoms with van der Waals surface area (Å²) in [5.74, 6) is 1.77. The fraction of sp³-hybridized carbons (Fsp3) is 0.167. The fourth-order valence-electron chi connectivity index (χ4n) is 1.62. The minimum atomic E-state index is 0.804. The minimum Gasteiger partial charge on any atom is -0.463 e. The molecule has 0 spiro atoms. The van der Waals surface area contributed by atoms with Gasteiger partial charge in [0.05, 0.1) is 16.5 Å². The van der Waals surface area contributed by atoms with Crippen molar-refractivity contribution < 1.29 is 4.42 Å². The number of rotatable bonds is 3. The van der Waals surface area contributed by atoms with Gasteiger partial charge in [0.1, 0.15) is 5.69 Å². The molecule has 5 heteroatoms. The van der Waals surface area contributed by atoms with Crippen LogP contribution >= 0.6 is 23.1 Å². The summed E-state index contributed by atoms with van der Waals surface area (Å²) in [4.78, 5) is 9.09. The first-order valence-electron chi connectivity index (χ1n) is 5.30. The van der Waals surface area contributed by atoms with E-state index in [0.717, 1.165) is 32.6 Å². The molecule has 0 saturated heterocycles. The van der Waals surface area contributed by atoms with Crippen LogP contribution in [0.4, 0.5) is 0 Å². The summed E-state index contributed by atoms with van der Waals surface area (Å²) >= 11 is 3.29. The van der Waals surface area contributed by atoms with E-state index in [2.05, 4.69) is 16.9 Å². The highest BCUT2D eigenvalue weighted by Crippen LogP contribution is 2.32. The van der Waals surface area contributed by atoms with E-state index in [1.54, 1.807) is 29.4 Å². The lowest BCUT2D eigenvalue weighted by Gasteiger charge is -2.02. The molecule has 0 saturated carbocycles. The maximum atomic E-state index is 5.44. The van der Waals surface area contributed by atoms with Gasteiger partial charge in [-0.25, -0.2) is 9.97 Å². The van der Waals surface area contributed by atoms with Crippen LogP contribution in [0.1, 0.15) is 6.92 Å². The van der Waals surface area contributed by atoms with Gasteiger partial charge in [0.2, 0.25) is 0 Å². The summed E-state index contributed by atoms with van der Waals surface area (Å²) in [6.07, 6.45) is 1.67. The van der Waals surface area contributed by atoms with Gasteiger partial charge in [-0.15, -0.1) is 11.3 Å². The predicted molar refractivity (Wildman–Crippen MR) is 71.5 cm³/mol. The van der Waals surface area contributed by atoms with Gasteiger partial charge in [-0.05, 0) is 29.3 Å². The first-order valence-corrected chi connectivity index (χ1v) is 7.17. The lowest BCUT2D eigenvalue weighted by molar-refractivity contribution is 0.580. The van der Waals surface area contributed by atoms with Crippen molar-refractivity contribution in [2.45, 2.75) is 12.1 Å². The molecule has 0 amide bonds. The zero-order valence-electron chi connectivity index (χ0n) is 9.21. The van der Waals surface area contributed by atoms with Crippen molar-refractivity contribution in [3.63, 3.8) is 0 Å². The molecular formula is C12H10N2OS2. The molecular weight excluding hydrogens is 252 g/mol. The lowest BCUT2D eigenvalue weighted by atomic mass is 10.3. The van der Waals surface area contributed by atoms with E-state index in [0.29, 0.717) is 0 Å². The second-order valence-electron chi connectivity index (χ2n) is 3.40. The maximum absolute atomic E-state index is 5.44. The van der Waals surface area contributed by atoms with E-state index >= 15 is 0 Å². The van der Waals surface area contributed by atoms with Crippen molar-refractivity contribution in [1.82, 2.24) is 9.97 Å². The third kappa shape index (κ3) is 1.96. The lowest BCUT2D eigenvalue weighted by Crippen LogP contribution is -1.90. The van der Waals surface area contributed by atoms with E-state index in [4.69, 9.17) is 4.42 Å². The van der Waals surface area contributed by atoms with Gasteiger partial charge in [0.25, 0.3) is 0 Å². The molecule has 0 fully saturated rings. The van der Waals surface area contributed by atoms with E-state index in [9.17, 15) is 0 Å². The van der Waals surface area contributed by atoms with Crippen molar-refractivity contribution in [1.29, 1.82) is 0 Å². The monoisotopic (exact) mass is 262 g/mol. The summed E-state index contributed by atoms with van der Waals surface area (Å²) in [6.45, 7) is 2.10. The zero-order chi connectivity index (χ0) is 11.7. The van der Waals surface area contributed by atoms with Crippen LogP contribution in [0, 0.1) is 0 Å². The largest absolute Gasteiger partial charge is 0.463 e. The van der Waals surface area contributed by atoms with Crippen molar-refractivity contribution >= 4 is 33.3 Å². The molecule has 3 aromatic rings. The average molecular weight is 262 g/mol. The maximum Gasteiger partial charge on any atom is 0.188 e. The number of hydrogen-bond acceptors (Lipinski definition) is 5. The molecule has 0 N–H and O–H groups in total. The van der Waals surface area contributed by atoms with E-state index in [1.807, 2.05) is 23.6 Å². The Bertz CT molecular complexity index is 631. The Kier molecular flexibility index (Phi) is 2.86. The van der Waals surface area contributed by atoms with Crippen LogP contribution in [0.5, 0.6) is 0 Å². The predicted octanol–water partition coefficient (Wildman–Crippen LogP) is 4.06. The van der Waals surface area contributed by atoms with Crippen molar-refractivity contribution in [3.8, 4) is 11.5 Å². The molecule has 0 aliphatic carbocycles. The topological polar surface area (TPSA) is 38.9 Å². The number of furan rings is 1. The standard InChI is InChI=1S/C12H10N2OS2/c1-2-16-12-13-8-5-7-17-11(8)10(14-12)9-4-3-6-15-9/h3-7H,2H2,1H3. The molecule has 0 unspecified atom stereocenters. The van der Waals surface area contributed by atoms with Gasteiger partial charge in [0, 0.05) is 0 Å². The van der Waals surface area contributed by atoms with Gasteiger partial charge in [-0.2, -0.15) is 0 Å². The average Bonchev–Trinajstić information content (AvgIpc) is 2.99. The van der Waals surface area contributed by atoms with Crippen LogP contribution in [0.3, 0.4) is 0 Å². The molecule has 17 heavy (non-hydrogen) atoms. The number of aromatic nitrogens is 2. The highest BCUT2D eigenvalue weighted by Gasteiger charge is 2.12. The number of hydrogen-bond donors (Lipinski definition) is 0. The molecule has 0 aliphatic heterocycles. The number of fused-ring (bicyclic) bond motifs is 1. The van der Waals surface area contributed by atoms with Gasteiger partial charge in [-0.1, -0.05) is 18.7 Å². The van der Waals surface area contributed by atoms with Crippen LogP contribution in [0.15, 0.2) is 39.4 Å². The number of thioether (sulfide) groups is 1. The summed E-state index contributed by atoms with van der Waals surface area (Å²) in [6, 6.07) is 5.83. The van der Waals surface area contributed by atoms with Gasteiger partial charge < -0.3 is 4.42 Å². The molecule has 0 atom stereocenters. The van der Waals surface area contributed by atoms with Crippen LogP contribution in [0.2, 0.25) is 0 Å². The molecule has 86 valence electrons. The van der Waals surface area contributed by atoms with Crippen molar-refractivity contribution in [2.75, 3.05) is 5.75 Å². The molecule has 0 bridgehead atoms. The first-order chi connectivity index (χ1) is 8.38. The zero-order valence-corrected chi connectivity index (χ0v) is 10.8. The van der Waals surface area contributed by atoms with E-state index in [1.165, 1.54) is 0 Å². The summed E-state index contributed by atoms with van der Waals surface area (Å²) in [7, 11) is 0. The summed E-state index contributed by atoms with van der Waals surface area (Å²) < 4.78 is 6.52. The van der Waals surface area contributed by atoms with Crippen molar-refractivity contribution in [3.05, 3.63) is 29.8 Å². The number of nitrogens with zero attached hydrogens (tertiary/aromatic N) is 2. The fourth-order valence-corrected chi connectivity index (χ4v) is 3.02. The first kappa shape index (κ1) is 10.8. The Morgan fingerprint density at radius 2 is 2.29 bits per heavy atom. The van der Waals surface area contributed by atoms with Crippen LogP contribution in [-0.2, 0) is 0 Å². The molecule has 3 aromatic heterocycles. The van der Waals surface area contributed by atoms with Crippen molar-refractivity contribution in [2.24, 2.45) is 0 Å². The Morgan fingerprint density at radius 1 is 1.35 bits per heavy atom. The van der Waals surface area contributed by atoms with Gasteiger partial charge >= 0.3 is 0 Å². The van der Waals surface area contributed by atoms with Crippen LogP contribution in [0.25, 0.3) is 21.7 Å². The van der Waals surface area contributed by atoms with Crippen LogP contribution in [-0.4, -0.2) is 15.7 Å². The molecule has 3 heterocycles. The van der Waals surface area contributed by atoms with E-state index in [-0.39, 0.29) is 0 Å². The third-order valence-electron chi connectivity index (χ3n) is 2.31. The Morgan fingerprint density at radius 3 is 3.06 bits per heavy atom. The molecule has 0 radical (unpaired) electrons. The summed E-state index contributed by atoms with van der Waals surface area (Å²) in [5.41, 5.74) is 1.89. The van der Waals surface area contributed by atoms with Crippen LogP contribution < -0.4 is 0 Å². The Balaban J connectivity index is 2.23. The third-order valence-corrected chi connectivity index (χ3v) is 3.95. The highest BCUT2D eigenvalue weighted by atomic mass is 32.2. The molecule has 0 aromatic carbocycles. The van der Waals surface area contributed by atoms with Gasteiger partial charge in [0.15, 0.2) is 10.9 Å². The molecule has 3 nitrogen and oxygen atoms in total.